The summed E-state index contributed by atoms with van der Waals surface area (Å²) in [6, 6.07) is 4.16. The zero-order valence-electron chi connectivity index (χ0n) is 13.5. The molecule has 1 saturated carbocycles. The van der Waals surface area contributed by atoms with Crippen LogP contribution in [0.25, 0.3) is 0 Å². The van der Waals surface area contributed by atoms with Gasteiger partial charge in [-0.05, 0) is 56.2 Å². The first-order chi connectivity index (χ1) is 9.97. The molecule has 2 rings (SSSR count). The fourth-order valence-corrected chi connectivity index (χ4v) is 3.83. The lowest BCUT2D eigenvalue weighted by Crippen LogP contribution is -2.30. The van der Waals surface area contributed by atoms with Crippen molar-refractivity contribution >= 4 is 5.97 Å². The van der Waals surface area contributed by atoms with Gasteiger partial charge in [-0.3, -0.25) is 4.79 Å². The van der Waals surface area contributed by atoms with E-state index in [-0.39, 0.29) is 11.8 Å². The second-order valence-electron chi connectivity index (χ2n) is 6.34. The summed E-state index contributed by atoms with van der Waals surface area (Å²) in [7, 11) is 1.67. The van der Waals surface area contributed by atoms with Crippen LogP contribution in [0, 0.1) is 25.7 Å². The van der Waals surface area contributed by atoms with Crippen molar-refractivity contribution in [1.29, 1.82) is 0 Å². The van der Waals surface area contributed by atoms with E-state index in [1.807, 2.05) is 13.0 Å². The third-order valence-electron chi connectivity index (χ3n) is 4.94. The Kier molecular flexibility index (Phi) is 4.92. The minimum atomic E-state index is -0.670. The molecule has 0 amide bonds. The molecular weight excluding hydrogens is 264 g/mol. The molecule has 3 nitrogen and oxygen atoms in total. The molecule has 1 aromatic carbocycles. The molecule has 1 aromatic rings. The molecular formula is C18H26O3. The van der Waals surface area contributed by atoms with Gasteiger partial charge in [0.2, 0.25) is 0 Å². The fraction of sp³-hybridized carbons (Fsp3) is 0.611. The molecule has 0 spiro atoms. The van der Waals surface area contributed by atoms with Gasteiger partial charge in [0.15, 0.2) is 0 Å². The Hall–Kier alpha value is -1.51. The second kappa shape index (κ2) is 6.50. The minimum Gasteiger partial charge on any atom is -0.496 e. The molecule has 1 aliphatic carbocycles. The average molecular weight is 290 g/mol. The third kappa shape index (κ3) is 3.22. The third-order valence-corrected chi connectivity index (χ3v) is 4.94. The number of hydrogen-bond acceptors (Lipinski definition) is 2. The lowest BCUT2D eigenvalue weighted by atomic mass is 9.69. The average Bonchev–Trinajstić information content (AvgIpc) is 2.45. The highest BCUT2D eigenvalue weighted by molar-refractivity contribution is 5.72. The van der Waals surface area contributed by atoms with Crippen LogP contribution in [0.4, 0.5) is 0 Å². The van der Waals surface area contributed by atoms with Gasteiger partial charge in [0, 0.05) is 11.5 Å². The number of aryl methyl sites for hydroxylation is 2. The molecule has 3 heteroatoms. The number of carboxylic acid groups (broad SMARTS) is 1. The van der Waals surface area contributed by atoms with Crippen LogP contribution in [-0.4, -0.2) is 18.2 Å². The Labute approximate surface area is 127 Å². The van der Waals surface area contributed by atoms with Gasteiger partial charge in [-0.2, -0.15) is 0 Å². The maximum absolute atomic E-state index is 11.7. The van der Waals surface area contributed by atoms with Crippen molar-refractivity contribution < 1.29 is 14.6 Å². The second-order valence-corrected chi connectivity index (χ2v) is 6.34. The number of ether oxygens (including phenoxy) is 1. The van der Waals surface area contributed by atoms with Gasteiger partial charge in [-0.25, -0.2) is 0 Å². The van der Waals surface area contributed by atoms with Crippen LogP contribution in [0.1, 0.15) is 55.2 Å². The summed E-state index contributed by atoms with van der Waals surface area (Å²) >= 11 is 0. The van der Waals surface area contributed by atoms with Gasteiger partial charge in [-0.15, -0.1) is 0 Å². The molecule has 116 valence electrons. The van der Waals surface area contributed by atoms with Crippen molar-refractivity contribution in [1.82, 2.24) is 0 Å². The van der Waals surface area contributed by atoms with Crippen molar-refractivity contribution in [2.24, 2.45) is 11.8 Å². The summed E-state index contributed by atoms with van der Waals surface area (Å²) in [4.78, 5) is 11.7. The molecule has 1 N–H and O–H groups in total. The first-order valence-electron chi connectivity index (χ1n) is 7.85. The van der Waals surface area contributed by atoms with E-state index in [1.54, 1.807) is 7.11 Å². The zero-order chi connectivity index (χ0) is 15.6. The largest absolute Gasteiger partial charge is 0.496 e. The molecule has 1 aliphatic rings. The summed E-state index contributed by atoms with van der Waals surface area (Å²) in [6.07, 6.45) is 3.87. The van der Waals surface area contributed by atoms with Crippen LogP contribution in [-0.2, 0) is 4.79 Å². The predicted octanol–water partition coefficient (Wildman–Crippen LogP) is 4.31. The quantitative estimate of drug-likeness (QED) is 0.899. The number of hydrogen-bond donors (Lipinski definition) is 1. The van der Waals surface area contributed by atoms with Crippen molar-refractivity contribution in [3.8, 4) is 5.75 Å². The maximum Gasteiger partial charge on any atom is 0.307 e. The van der Waals surface area contributed by atoms with E-state index in [0.717, 1.165) is 48.1 Å². The molecule has 0 saturated heterocycles. The summed E-state index contributed by atoms with van der Waals surface area (Å²) in [5.74, 6) is 0.577. The summed E-state index contributed by atoms with van der Waals surface area (Å²) in [6.45, 7) is 6.31. The minimum absolute atomic E-state index is 0.0664. The van der Waals surface area contributed by atoms with Crippen molar-refractivity contribution in [2.45, 2.75) is 52.4 Å². The van der Waals surface area contributed by atoms with Gasteiger partial charge in [0.1, 0.15) is 5.75 Å². The van der Waals surface area contributed by atoms with Gasteiger partial charge in [0.25, 0.3) is 0 Å². The number of carbonyl (C=O) groups is 1. The van der Waals surface area contributed by atoms with Crippen LogP contribution in [0.15, 0.2) is 12.1 Å². The van der Waals surface area contributed by atoms with Gasteiger partial charge in [-0.1, -0.05) is 19.4 Å². The predicted molar refractivity (Wildman–Crippen MR) is 84.0 cm³/mol. The normalized spacial score (nSPS) is 25.6. The highest BCUT2D eigenvalue weighted by Gasteiger charge is 2.37. The lowest BCUT2D eigenvalue weighted by molar-refractivity contribution is -0.143. The summed E-state index contributed by atoms with van der Waals surface area (Å²) in [5, 5.41) is 9.60. The molecule has 1 fully saturated rings. The van der Waals surface area contributed by atoms with Crippen molar-refractivity contribution in [2.75, 3.05) is 7.11 Å². The summed E-state index contributed by atoms with van der Waals surface area (Å²) < 4.78 is 5.56. The van der Waals surface area contributed by atoms with E-state index in [4.69, 9.17) is 4.74 Å². The maximum atomic E-state index is 11.7. The first kappa shape index (κ1) is 15.9. The first-order valence-corrected chi connectivity index (χ1v) is 7.85. The molecule has 0 radical (unpaired) electrons. The molecule has 3 unspecified atom stereocenters. The fourth-order valence-electron chi connectivity index (χ4n) is 3.83. The number of rotatable bonds is 4. The van der Waals surface area contributed by atoms with Crippen LogP contribution in [0.5, 0.6) is 5.75 Å². The van der Waals surface area contributed by atoms with Crippen molar-refractivity contribution in [3.05, 3.63) is 28.8 Å². The number of benzene rings is 1. The molecule has 0 bridgehead atoms. The van der Waals surface area contributed by atoms with Crippen LogP contribution in [0.3, 0.4) is 0 Å². The van der Waals surface area contributed by atoms with E-state index < -0.39 is 5.97 Å². The number of carboxylic acids is 1. The zero-order valence-corrected chi connectivity index (χ0v) is 13.5. The number of aliphatic carboxylic acids is 1. The van der Waals surface area contributed by atoms with Crippen LogP contribution >= 0.6 is 0 Å². The van der Waals surface area contributed by atoms with Gasteiger partial charge < -0.3 is 9.84 Å². The van der Waals surface area contributed by atoms with E-state index >= 15 is 0 Å². The van der Waals surface area contributed by atoms with Gasteiger partial charge >= 0.3 is 5.97 Å². The lowest BCUT2D eigenvalue weighted by Gasteiger charge is -2.35. The van der Waals surface area contributed by atoms with Gasteiger partial charge in [0.05, 0.1) is 13.0 Å². The monoisotopic (exact) mass is 290 g/mol. The molecule has 21 heavy (non-hydrogen) atoms. The Morgan fingerprint density at radius 3 is 2.62 bits per heavy atom. The van der Waals surface area contributed by atoms with Crippen molar-refractivity contribution in [3.63, 3.8) is 0 Å². The molecule has 0 aliphatic heterocycles. The van der Waals surface area contributed by atoms with Crippen LogP contribution in [0.2, 0.25) is 0 Å². The number of methoxy groups -OCH3 is 1. The van der Waals surface area contributed by atoms with E-state index in [9.17, 15) is 9.90 Å². The molecule has 0 aromatic heterocycles. The molecule has 3 atom stereocenters. The SMILES string of the molecule is CCC1CCC(C(=O)O)C(c2c(C)cc(C)cc2OC)C1. The standard InChI is InChI=1S/C18H26O3/c1-5-13-6-7-14(18(19)20)15(10-13)17-12(3)8-11(2)9-16(17)21-4/h8-9,13-15H,5-7,10H2,1-4H3,(H,19,20). The highest BCUT2D eigenvalue weighted by Crippen LogP contribution is 2.46. The van der Waals surface area contributed by atoms with Crippen LogP contribution < -0.4 is 4.74 Å². The summed E-state index contributed by atoms with van der Waals surface area (Å²) in [5.41, 5.74) is 3.41. The Morgan fingerprint density at radius 2 is 2.05 bits per heavy atom. The topological polar surface area (TPSA) is 46.5 Å². The van der Waals surface area contributed by atoms with E-state index in [1.165, 1.54) is 0 Å². The Morgan fingerprint density at radius 1 is 1.33 bits per heavy atom. The Balaban J connectivity index is 2.47. The van der Waals surface area contributed by atoms with E-state index in [0.29, 0.717) is 5.92 Å². The highest BCUT2D eigenvalue weighted by atomic mass is 16.5. The molecule has 0 heterocycles. The van der Waals surface area contributed by atoms with E-state index in [2.05, 4.69) is 19.9 Å². The smallest absolute Gasteiger partial charge is 0.307 e. The Bertz CT molecular complexity index is 521.